The van der Waals surface area contributed by atoms with Gasteiger partial charge in [-0.1, -0.05) is 16.8 Å². The maximum atomic E-state index is 12.2. The maximum absolute atomic E-state index is 12.2. The number of imidazole rings is 1. The smallest absolute Gasteiger partial charge is 0.218 e. The van der Waals surface area contributed by atoms with Crippen LogP contribution in [0.25, 0.3) is 0 Å². The molecule has 0 fully saturated rings. The van der Waals surface area contributed by atoms with Gasteiger partial charge in [0.15, 0.2) is 11.5 Å². The number of halogens is 1. The second kappa shape index (κ2) is 5.01. The zero-order valence-electron chi connectivity index (χ0n) is 9.54. The van der Waals surface area contributed by atoms with Crippen molar-refractivity contribution in [1.82, 2.24) is 9.55 Å². The number of rotatable bonds is 3. The van der Waals surface area contributed by atoms with Crippen molar-refractivity contribution in [2.45, 2.75) is 0 Å². The molecule has 2 aromatic rings. The van der Waals surface area contributed by atoms with E-state index in [1.54, 1.807) is 42.1 Å². The summed E-state index contributed by atoms with van der Waals surface area (Å²) in [6.45, 7) is 0. The zero-order chi connectivity index (χ0) is 13.1. The van der Waals surface area contributed by atoms with Crippen LogP contribution in [0.5, 0.6) is 0 Å². The molecule has 1 aromatic heterocycles. The molecular weight excluding hydrogens is 254 g/mol. The molecule has 1 N–H and O–H groups in total. The fourth-order valence-corrected chi connectivity index (χ4v) is 1.65. The molecule has 0 radical (unpaired) electrons. The first-order valence-electron chi connectivity index (χ1n) is 5.13. The number of aryl methyl sites for hydroxylation is 1. The van der Waals surface area contributed by atoms with Gasteiger partial charge in [0.25, 0.3) is 0 Å². The fourth-order valence-electron chi connectivity index (χ4n) is 1.52. The van der Waals surface area contributed by atoms with E-state index in [2.05, 4.69) is 10.1 Å². The molecule has 0 saturated carbocycles. The lowest BCUT2D eigenvalue weighted by atomic mass is 10.1. The van der Waals surface area contributed by atoms with Gasteiger partial charge in [0, 0.05) is 30.0 Å². The number of ketones is 1. The number of oxime groups is 1. The normalized spacial score (nSPS) is 11.6. The number of nitrogens with zero attached hydrogens (tertiary/aromatic N) is 3. The third-order valence-electron chi connectivity index (χ3n) is 2.45. The standard InChI is InChI=1S/C12H10ClN3O2/c1-16-7-6-14-12(16)10(15-18)11(17)8-2-4-9(13)5-3-8/h2-7,18H,1H3. The Hall–Kier alpha value is -2.14. The highest BCUT2D eigenvalue weighted by atomic mass is 35.5. The van der Waals surface area contributed by atoms with Crippen molar-refractivity contribution in [2.24, 2.45) is 12.2 Å². The Morgan fingerprint density at radius 3 is 2.56 bits per heavy atom. The fraction of sp³-hybridized carbons (Fsp3) is 0.0833. The number of benzene rings is 1. The number of aromatic nitrogens is 2. The van der Waals surface area contributed by atoms with E-state index in [0.717, 1.165) is 0 Å². The van der Waals surface area contributed by atoms with Gasteiger partial charge in [0.1, 0.15) is 0 Å². The van der Waals surface area contributed by atoms with Crippen LogP contribution in [-0.2, 0) is 7.05 Å². The summed E-state index contributed by atoms with van der Waals surface area (Å²) in [6.07, 6.45) is 3.19. The van der Waals surface area contributed by atoms with E-state index in [9.17, 15) is 4.79 Å². The number of carbonyl (C=O) groups is 1. The molecule has 1 aromatic carbocycles. The molecule has 2 rings (SSSR count). The quantitative estimate of drug-likeness (QED) is 0.399. The molecule has 92 valence electrons. The summed E-state index contributed by atoms with van der Waals surface area (Å²) in [4.78, 5) is 16.1. The predicted molar refractivity (Wildman–Crippen MR) is 67.3 cm³/mol. The molecule has 18 heavy (non-hydrogen) atoms. The largest absolute Gasteiger partial charge is 0.410 e. The van der Waals surface area contributed by atoms with Gasteiger partial charge < -0.3 is 9.77 Å². The van der Waals surface area contributed by atoms with Crippen LogP contribution in [0.1, 0.15) is 16.2 Å². The van der Waals surface area contributed by atoms with Gasteiger partial charge in [-0.15, -0.1) is 0 Å². The average Bonchev–Trinajstić information content (AvgIpc) is 2.78. The molecule has 0 aliphatic rings. The van der Waals surface area contributed by atoms with Gasteiger partial charge in [-0.3, -0.25) is 4.79 Å². The Bertz CT molecular complexity index is 602. The van der Waals surface area contributed by atoms with Gasteiger partial charge in [-0.2, -0.15) is 0 Å². The summed E-state index contributed by atoms with van der Waals surface area (Å²) >= 11 is 5.75. The van der Waals surface area contributed by atoms with Crippen LogP contribution in [0.2, 0.25) is 5.02 Å². The van der Waals surface area contributed by atoms with E-state index < -0.39 is 5.78 Å². The predicted octanol–water partition coefficient (Wildman–Crippen LogP) is 2.13. The molecule has 0 unspecified atom stereocenters. The van der Waals surface area contributed by atoms with Crippen LogP contribution in [0.4, 0.5) is 0 Å². The number of hydrogen-bond donors (Lipinski definition) is 1. The van der Waals surface area contributed by atoms with Crippen LogP contribution in [0.3, 0.4) is 0 Å². The molecule has 5 nitrogen and oxygen atoms in total. The molecule has 1 heterocycles. The van der Waals surface area contributed by atoms with Crippen LogP contribution < -0.4 is 0 Å². The van der Waals surface area contributed by atoms with Crippen molar-refractivity contribution in [3.63, 3.8) is 0 Å². The monoisotopic (exact) mass is 263 g/mol. The van der Waals surface area contributed by atoms with E-state index in [4.69, 9.17) is 16.8 Å². The number of carbonyl (C=O) groups excluding carboxylic acids is 1. The molecule has 0 amide bonds. The second-order valence-electron chi connectivity index (χ2n) is 3.65. The van der Waals surface area contributed by atoms with Gasteiger partial charge in [0.05, 0.1) is 0 Å². The van der Waals surface area contributed by atoms with Gasteiger partial charge in [-0.25, -0.2) is 4.98 Å². The zero-order valence-corrected chi connectivity index (χ0v) is 10.3. The lowest BCUT2D eigenvalue weighted by Crippen LogP contribution is -2.19. The first-order chi connectivity index (χ1) is 8.63. The van der Waals surface area contributed by atoms with Crippen molar-refractivity contribution in [3.05, 3.63) is 53.1 Å². The summed E-state index contributed by atoms with van der Waals surface area (Å²) in [5, 5.41) is 12.6. The summed E-state index contributed by atoms with van der Waals surface area (Å²) < 4.78 is 1.60. The SMILES string of the molecule is Cn1ccnc1C(=NO)C(=O)c1ccc(Cl)cc1. The first-order valence-corrected chi connectivity index (χ1v) is 5.51. The Kier molecular flexibility index (Phi) is 3.43. The van der Waals surface area contributed by atoms with Crippen molar-refractivity contribution in [3.8, 4) is 0 Å². The minimum absolute atomic E-state index is 0.107. The molecule has 0 bridgehead atoms. The van der Waals surface area contributed by atoms with Crippen molar-refractivity contribution in [2.75, 3.05) is 0 Å². The Balaban J connectivity index is 2.38. The Morgan fingerprint density at radius 2 is 2.06 bits per heavy atom. The van der Waals surface area contributed by atoms with Crippen LogP contribution in [0, 0.1) is 0 Å². The van der Waals surface area contributed by atoms with Crippen LogP contribution in [-0.4, -0.2) is 26.3 Å². The Morgan fingerprint density at radius 1 is 1.39 bits per heavy atom. The van der Waals surface area contributed by atoms with E-state index in [1.807, 2.05) is 0 Å². The summed E-state index contributed by atoms with van der Waals surface area (Å²) in [5.74, 6) is -0.110. The molecule has 0 saturated heterocycles. The molecule has 0 aliphatic carbocycles. The number of hydrogen-bond acceptors (Lipinski definition) is 4. The lowest BCUT2D eigenvalue weighted by Gasteiger charge is -2.04. The average molecular weight is 264 g/mol. The van der Waals surface area contributed by atoms with Gasteiger partial charge in [-0.05, 0) is 24.3 Å². The van der Waals surface area contributed by atoms with E-state index in [-0.39, 0.29) is 5.71 Å². The first kappa shape index (κ1) is 12.3. The van der Waals surface area contributed by atoms with Crippen LogP contribution >= 0.6 is 11.6 Å². The van der Waals surface area contributed by atoms with Gasteiger partial charge >= 0.3 is 0 Å². The molecule has 0 spiro atoms. The maximum Gasteiger partial charge on any atom is 0.218 e. The molecule has 0 atom stereocenters. The summed E-state index contributed by atoms with van der Waals surface area (Å²) in [7, 11) is 1.71. The highest BCUT2D eigenvalue weighted by molar-refractivity contribution is 6.50. The molecule has 6 heteroatoms. The summed E-state index contributed by atoms with van der Waals surface area (Å²) in [5.41, 5.74) is 0.278. The van der Waals surface area contributed by atoms with Crippen molar-refractivity contribution < 1.29 is 10.0 Å². The highest BCUT2D eigenvalue weighted by Crippen LogP contribution is 2.12. The third-order valence-corrected chi connectivity index (χ3v) is 2.71. The van der Waals surface area contributed by atoms with E-state index >= 15 is 0 Å². The van der Waals surface area contributed by atoms with Crippen molar-refractivity contribution >= 4 is 23.1 Å². The lowest BCUT2D eigenvalue weighted by molar-refractivity contribution is 0.106. The van der Waals surface area contributed by atoms with Crippen LogP contribution in [0.15, 0.2) is 41.8 Å². The van der Waals surface area contributed by atoms with Gasteiger partial charge in [0.2, 0.25) is 5.78 Å². The minimum Gasteiger partial charge on any atom is -0.410 e. The number of Topliss-reactive ketones (excluding diaryl/α,β-unsaturated/α-hetero) is 1. The summed E-state index contributed by atoms with van der Waals surface area (Å²) in [6, 6.07) is 6.34. The molecular formula is C12H10ClN3O2. The van der Waals surface area contributed by atoms with E-state index in [0.29, 0.717) is 16.4 Å². The topological polar surface area (TPSA) is 67.5 Å². The van der Waals surface area contributed by atoms with Crippen molar-refractivity contribution in [1.29, 1.82) is 0 Å². The highest BCUT2D eigenvalue weighted by Gasteiger charge is 2.20. The Labute approximate surface area is 108 Å². The minimum atomic E-state index is -0.413. The van der Waals surface area contributed by atoms with E-state index in [1.165, 1.54) is 6.20 Å². The molecule has 0 aliphatic heterocycles. The second-order valence-corrected chi connectivity index (χ2v) is 4.08. The third kappa shape index (κ3) is 2.26.